The molecule has 0 bridgehead atoms. The van der Waals surface area contributed by atoms with Crippen molar-refractivity contribution in [2.45, 2.75) is 18.5 Å². The highest BCUT2D eigenvalue weighted by Gasteiger charge is 2.34. The molecular formula is C17H18N2OS. The van der Waals surface area contributed by atoms with Crippen LogP contribution in [0.2, 0.25) is 0 Å². The molecule has 2 heterocycles. The third-order valence-electron chi connectivity index (χ3n) is 3.83. The Morgan fingerprint density at radius 2 is 2.10 bits per heavy atom. The molecule has 4 heteroatoms. The minimum absolute atomic E-state index is 0.111. The van der Waals surface area contributed by atoms with Crippen molar-refractivity contribution < 1.29 is 5.11 Å². The number of aliphatic imine (C=N–C) groups is 1. The molecule has 3 rings (SSSR count). The highest BCUT2D eigenvalue weighted by molar-refractivity contribution is 7.07. The summed E-state index contributed by atoms with van der Waals surface area (Å²) in [7, 11) is 0. The third-order valence-corrected chi connectivity index (χ3v) is 4.56. The summed E-state index contributed by atoms with van der Waals surface area (Å²) in [5.41, 5.74) is 10.2. The van der Waals surface area contributed by atoms with Gasteiger partial charge in [0.2, 0.25) is 0 Å². The summed E-state index contributed by atoms with van der Waals surface area (Å²) in [6, 6.07) is 10.1. The number of hydrogen-bond donors (Lipinski definition) is 2. The summed E-state index contributed by atoms with van der Waals surface area (Å²) in [4.78, 5) is 4.52. The molecule has 0 amide bonds. The van der Waals surface area contributed by atoms with E-state index in [1.807, 2.05) is 30.3 Å². The molecule has 0 saturated carbocycles. The molecule has 108 valence electrons. The fraction of sp³-hybridized carbons (Fsp3) is 0.235. The molecule has 1 aromatic heterocycles. The van der Waals surface area contributed by atoms with Crippen LogP contribution in [0.15, 0.2) is 57.7 Å². The van der Waals surface area contributed by atoms with E-state index >= 15 is 0 Å². The molecule has 2 aromatic rings. The van der Waals surface area contributed by atoms with Crippen LogP contribution < -0.4 is 5.73 Å². The van der Waals surface area contributed by atoms with Gasteiger partial charge in [0, 0.05) is 18.4 Å². The van der Waals surface area contributed by atoms with Gasteiger partial charge in [-0.25, -0.2) is 0 Å². The van der Waals surface area contributed by atoms with Crippen LogP contribution in [-0.2, 0) is 18.5 Å². The predicted octanol–water partition coefficient (Wildman–Crippen LogP) is 2.65. The lowest BCUT2D eigenvalue weighted by Gasteiger charge is -2.28. The van der Waals surface area contributed by atoms with Gasteiger partial charge in [-0.3, -0.25) is 10.7 Å². The van der Waals surface area contributed by atoms with E-state index in [1.165, 1.54) is 5.56 Å². The van der Waals surface area contributed by atoms with Gasteiger partial charge in [-0.2, -0.15) is 11.3 Å². The number of nitrogens with two attached hydrogens (primary N) is 1. The first-order chi connectivity index (χ1) is 10.2. The van der Waals surface area contributed by atoms with Gasteiger partial charge in [-0.15, -0.1) is 0 Å². The lowest BCUT2D eigenvalue weighted by atomic mass is 9.86. The van der Waals surface area contributed by atoms with Crippen molar-refractivity contribution in [2.24, 2.45) is 10.7 Å². The molecule has 0 radical (unpaired) electrons. The number of thiophene rings is 1. The number of aliphatic hydroxyl groups excluding tert-OH is 1. The predicted molar refractivity (Wildman–Crippen MR) is 87.7 cm³/mol. The van der Waals surface area contributed by atoms with Crippen LogP contribution >= 0.6 is 11.3 Å². The molecule has 3 nitrogen and oxygen atoms in total. The first kappa shape index (κ1) is 14.2. The van der Waals surface area contributed by atoms with Crippen molar-refractivity contribution in [1.82, 2.24) is 0 Å². The second kappa shape index (κ2) is 5.93. The second-order valence-corrected chi connectivity index (χ2v) is 5.96. The standard InChI is InChI=1S/C17H18N2OS/c18-17(16-4-2-1-3-14(16)6-9-20)15(5-8-19-17)11-13-7-10-21-12-13/h1-5,7-8,10,12,20H,6,9,11,18H2. The lowest BCUT2D eigenvalue weighted by molar-refractivity contribution is 0.298. The van der Waals surface area contributed by atoms with Crippen LogP contribution in [0.3, 0.4) is 0 Å². The third kappa shape index (κ3) is 2.70. The average molecular weight is 298 g/mol. The number of benzene rings is 1. The van der Waals surface area contributed by atoms with Gasteiger partial charge in [0.15, 0.2) is 5.66 Å². The molecule has 21 heavy (non-hydrogen) atoms. The summed E-state index contributed by atoms with van der Waals surface area (Å²) in [6.07, 6.45) is 5.19. The Morgan fingerprint density at radius 3 is 2.86 bits per heavy atom. The van der Waals surface area contributed by atoms with E-state index in [0.29, 0.717) is 6.42 Å². The largest absolute Gasteiger partial charge is 0.396 e. The van der Waals surface area contributed by atoms with Crippen molar-refractivity contribution in [3.05, 3.63) is 69.4 Å². The monoisotopic (exact) mass is 298 g/mol. The van der Waals surface area contributed by atoms with Gasteiger partial charge in [0.1, 0.15) is 0 Å². The van der Waals surface area contributed by atoms with Crippen LogP contribution in [0, 0.1) is 0 Å². The van der Waals surface area contributed by atoms with Crippen molar-refractivity contribution in [1.29, 1.82) is 0 Å². The van der Waals surface area contributed by atoms with Crippen molar-refractivity contribution in [2.75, 3.05) is 6.61 Å². The first-order valence-corrected chi connectivity index (χ1v) is 7.92. The zero-order valence-electron chi connectivity index (χ0n) is 11.7. The molecule has 3 N–H and O–H groups in total. The van der Waals surface area contributed by atoms with Crippen LogP contribution in [0.4, 0.5) is 0 Å². The van der Waals surface area contributed by atoms with Gasteiger partial charge < -0.3 is 5.11 Å². The van der Waals surface area contributed by atoms with Crippen LogP contribution in [0.5, 0.6) is 0 Å². The van der Waals surface area contributed by atoms with E-state index in [0.717, 1.165) is 23.1 Å². The first-order valence-electron chi connectivity index (χ1n) is 6.98. The Balaban J connectivity index is 1.96. The zero-order valence-corrected chi connectivity index (χ0v) is 12.5. The Bertz CT molecular complexity index is 676. The lowest BCUT2D eigenvalue weighted by Crippen LogP contribution is -2.37. The quantitative estimate of drug-likeness (QED) is 0.891. The molecule has 0 spiro atoms. The van der Waals surface area contributed by atoms with E-state index in [1.54, 1.807) is 17.6 Å². The maximum Gasteiger partial charge on any atom is 0.156 e. The van der Waals surface area contributed by atoms with Gasteiger partial charge in [-0.1, -0.05) is 24.3 Å². The van der Waals surface area contributed by atoms with Gasteiger partial charge >= 0.3 is 0 Å². The molecule has 1 aliphatic rings. The number of rotatable bonds is 5. The fourth-order valence-corrected chi connectivity index (χ4v) is 3.40. The summed E-state index contributed by atoms with van der Waals surface area (Å²) < 4.78 is 0. The summed E-state index contributed by atoms with van der Waals surface area (Å²) in [5, 5.41) is 13.5. The van der Waals surface area contributed by atoms with E-state index in [2.05, 4.69) is 21.8 Å². The topological polar surface area (TPSA) is 58.6 Å². The number of nitrogens with zero attached hydrogens (tertiary/aromatic N) is 1. The van der Waals surface area contributed by atoms with Gasteiger partial charge in [0.25, 0.3) is 0 Å². The Hall–Kier alpha value is -1.75. The maximum atomic E-state index is 9.25. The summed E-state index contributed by atoms with van der Waals surface area (Å²) >= 11 is 1.69. The van der Waals surface area contributed by atoms with Gasteiger partial charge in [0.05, 0.1) is 0 Å². The molecule has 0 fully saturated rings. The van der Waals surface area contributed by atoms with E-state index < -0.39 is 5.66 Å². The van der Waals surface area contributed by atoms with Crippen molar-refractivity contribution in [3.63, 3.8) is 0 Å². The molecule has 0 saturated heterocycles. The molecule has 1 atom stereocenters. The zero-order chi connectivity index (χ0) is 14.7. The van der Waals surface area contributed by atoms with Crippen LogP contribution in [-0.4, -0.2) is 17.9 Å². The Labute approximate surface area is 128 Å². The highest BCUT2D eigenvalue weighted by atomic mass is 32.1. The number of hydrogen-bond acceptors (Lipinski definition) is 4. The Morgan fingerprint density at radius 1 is 1.24 bits per heavy atom. The smallest absolute Gasteiger partial charge is 0.156 e. The molecular weight excluding hydrogens is 280 g/mol. The maximum absolute atomic E-state index is 9.25. The SMILES string of the molecule is NC1(c2ccccc2CCO)N=CC=C1Cc1ccsc1. The molecule has 1 aromatic carbocycles. The van der Waals surface area contributed by atoms with Crippen LogP contribution in [0.25, 0.3) is 0 Å². The van der Waals surface area contributed by atoms with Gasteiger partial charge in [-0.05, 0) is 52.4 Å². The molecule has 1 unspecified atom stereocenters. The minimum Gasteiger partial charge on any atom is -0.396 e. The average Bonchev–Trinajstić information content (AvgIpc) is 3.12. The summed E-state index contributed by atoms with van der Waals surface area (Å²) in [5.74, 6) is 0. The highest BCUT2D eigenvalue weighted by Crippen LogP contribution is 2.35. The molecule has 1 aliphatic heterocycles. The van der Waals surface area contributed by atoms with Crippen molar-refractivity contribution in [3.8, 4) is 0 Å². The normalized spacial score (nSPS) is 20.8. The number of aliphatic hydroxyl groups is 1. The van der Waals surface area contributed by atoms with E-state index in [4.69, 9.17) is 5.73 Å². The summed E-state index contributed by atoms with van der Waals surface area (Å²) in [6.45, 7) is 0.111. The number of allylic oxidation sites excluding steroid dienone is 1. The minimum atomic E-state index is -0.812. The van der Waals surface area contributed by atoms with Crippen molar-refractivity contribution >= 4 is 17.6 Å². The van der Waals surface area contributed by atoms with E-state index in [-0.39, 0.29) is 6.61 Å². The molecule has 0 aliphatic carbocycles. The van der Waals surface area contributed by atoms with E-state index in [9.17, 15) is 5.11 Å². The Kier molecular flexibility index (Phi) is 4.01. The van der Waals surface area contributed by atoms with Crippen LogP contribution in [0.1, 0.15) is 16.7 Å². The fourth-order valence-electron chi connectivity index (χ4n) is 2.73. The second-order valence-electron chi connectivity index (χ2n) is 5.18.